The van der Waals surface area contributed by atoms with Gasteiger partial charge in [-0.25, -0.2) is 0 Å². The van der Waals surface area contributed by atoms with Crippen molar-refractivity contribution in [3.8, 4) is 5.75 Å². The molecule has 0 bridgehead atoms. The number of nitrogens with zero attached hydrogens (tertiary/aromatic N) is 1. The van der Waals surface area contributed by atoms with Gasteiger partial charge in [0, 0.05) is 0 Å². The fraction of sp³-hybridized carbons (Fsp3) is 0.684. The zero-order chi connectivity index (χ0) is 18.0. The first-order chi connectivity index (χ1) is 11.5. The Morgan fingerprint density at radius 3 is 1.92 bits per heavy atom. The first-order valence-corrected chi connectivity index (χ1v) is 16.9. The fourth-order valence-electron chi connectivity index (χ4n) is 3.39. The number of nitrogens with two attached hydrogens (primary N) is 1. The first-order valence-electron chi connectivity index (χ1n) is 9.40. The number of methoxy groups -OCH3 is 1. The monoisotopic (exact) mass is 442 g/mol. The van der Waals surface area contributed by atoms with E-state index in [4.69, 9.17) is 15.5 Å². The summed E-state index contributed by atoms with van der Waals surface area (Å²) in [5, 5.41) is 0. The van der Waals surface area contributed by atoms with Crippen LogP contribution >= 0.6 is 0 Å². The Kier molecular flexibility index (Phi) is 9.70. The molecule has 0 fully saturated rings. The van der Waals surface area contributed by atoms with E-state index in [1.54, 1.807) is 7.11 Å². The fourth-order valence-corrected chi connectivity index (χ4v) is 18.8. The summed E-state index contributed by atoms with van der Waals surface area (Å²) in [4.78, 5) is 16.6. The van der Waals surface area contributed by atoms with Crippen molar-refractivity contribution in [1.29, 1.82) is 0 Å². The summed E-state index contributed by atoms with van der Waals surface area (Å²) < 4.78 is 10.5. The molecule has 1 amide bonds. The van der Waals surface area contributed by atoms with Crippen LogP contribution in [0.1, 0.15) is 69.8 Å². The predicted octanol–water partition coefficient (Wildman–Crippen LogP) is 4.25. The molecular weight excluding hydrogens is 407 g/mol. The number of carbonyl (C=O) groups excluding carboxylic acids is 1. The number of ether oxygens (including phenoxy) is 1. The molecule has 5 heteroatoms. The molecule has 0 spiro atoms. The summed E-state index contributed by atoms with van der Waals surface area (Å²) in [7, 11) is 1.56. The standard InChI is InChI=1S/C7H7N2O2.3C4H9.Sn/c1-11-5-3-2-4-9-6(5)7(8)10;3*1-3-4-2;/h2-3H,1H3,(H2,8,10);3*1,3-4H2,2H3;. The van der Waals surface area contributed by atoms with E-state index < -0.39 is 24.3 Å². The Hall–Kier alpha value is -0.781. The van der Waals surface area contributed by atoms with E-state index >= 15 is 0 Å². The van der Waals surface area contributed by atoms with Crippen molar-refractivity contribution in [2.24, 2.45) is 5.73 Å². The van der Waals surface area contributed by atoms with Crippen molar-refractivity contribution < 1.29 is 9.53 Å². The number of aromatic nitrogens is 1. The van der Waals surface area contributed by atoms with Crippen LogP contribution < -0.4 is 14.2 Å². The van der Waals surface area contributed by atoms with Gasteiger partial charge in [0.2, 0.25) is 0 Å². The summed E-state index contributed by atoms with van der Waals surface area (Å²) in [5.74, 6) is 0.00303. The molecule has 0 saturated carbocycles. The van der Waals surface area contributed by atoms with Gasteiger partial charge in [-0.2, -0.15) is 0 Å². The van der Waals surface area contributed by atoms with E-state index in [0.717, 1.165) is 0 Å². The van der Waals surface area contributed by atoms with Crippen LogP contribution in [0.3, 0.4) is 0 Å². The molecule has 0 aromatic carbocycles. The number of hydrogen-bond acceptors (Lipinski definition) is 3. The van der Waals surface area contributed by atoms with E-state index in [1.807, 2.05) is 6.07 Å². The van der Waals surface area contributed by atoms with Crippen LogP contribution in [0.4, 0.5) is 0 Å². The zero-order valence-electron chi connectivity index (χ0n) is 15.9. The van der Waals surface area contributed by atoms with Gasteiger partial charge in [0.25, 0.3) is 0 Å². The van der Waals surface area contributed by atoms with Crippen molar-refractivity contribution in [3.63, 3.8) is 0 Å². The van der Waals surface area contributed by atoms with Gasteiger partial charge in [0.1, 0.15) is 0 Å². The molecule has 0 unspecified atom stereocenters. The molecule has 24 heavy (non-hydrogen) atoms. The van der Waals surface area contributed by atoms with Crippen LogP contribution in [0.2, 0.25) is 13.3 Å². The molecule has 1 rings (SSSR count). The number of rotatable bonds is 12. The maximum atomic E-state index is 11.8. The SMILES string of the molecule is CCC[CH2][Sn]([CH2]CCC)([CH2]CCC)[c]1ccc(OC)c(C(N)=O)n1. The Balaban J connectivity index is 3.33. The van der Waals surface area contributed by atoms with Crippen molar-refractivity contribution in [2.45, 2.75) is 72.6 Å². The third-order valence-electron chi connectivity index (χ3n) is 4.88. The number of pyridine rings is 1. The molecule has 0 radical (unpaired) electrons. The average Bonchev–Trinajstić information content (AvgIpc) is 2.60. The van der Waals surface area contributed by atoms with Gasteiger partial charge in [-0.3, -0.25) is 0 Å². The van der Waals surface area contributed by atoms with E-state index in [2.05, 4.69) is 26.8 Å². The zero-order valence-corrected chi connectivity index (χ0v) is 18.7. The van der Waals surface area contributed by atoms with Crippen molar-refractivity contribution in [1.82, 2.24) is 4.98 Å². The van der Waals surface area contributed by atoms with Crippen LogP contribution in [0.5, 0.6) is 5.75 Å². The van der Waals surface area contributed by atoms with Crippen LogP contribution in [0, 0.1) is 0 Å². The van der Waals surface area contributed by atoms with E-state index in [9.17, 15) is 4.79 Å². The third kappa shape index (κ3) is 5.64. The third-order valence-corrected chi connectivity index (χ3v) is 20.0. The van der Waals surface area contributed by atoms with E-state index in [-0.39, 0.29) is 0 Å². The second kappa shape index (κ2) is 11.0. The van der Waals surface area contributed by atoms with Crippen molar-refractivity contribution in [3.05, 3.63) is 17.8 Å². The molecule has 136 valence electrons. The topological polar surface area (TPSA) is 65.2 Å². The summed E-state index contributed by atoms with van der Waals surface area (Å²) in [5.41, 5.74) is 5.85. The normalized spacial score (nSPS) is 11.5. The van der Waals surface area contributed by atoms with Gasteiger partial charge < -0.3 is 0 Å². The molecule has 1 heterocycles. The Labute approximate surface area is 151 Å². The van der Waals surface area contributed by atoms with Crippen LogP contribution in [-0.4, -0.2) is 36.4 Å². The Morgan fingerprint density at radius 2 is 1.54 bits per heavy atom. The number of carbonyl (C=O) groups is 1. The second-order valence-electron chi connectivity index (χ2n) is 6.70. The molecule has 0 aliphatic heterocycles. The van der Waals surface area contributed by atoms with Crippen LogP contribution in [0.25, 0.3) is 0 Å². The molecule has 0 aliphatic rings. The molecule has 0 aliphatic carbocycles. The number of amides is 1. The molecule has 1 aromatic rings. The van der Waals surface area contributed by atoms with Crippen LogP contribution in [-0.2, 0) is 0 Å². The number of primary amides is 1. The van der Waals surface area contributed by atoms with Gasteiger partial charge in [-0.05, 0) is 0 Å². The van der Waals surface area contributed by atoms with Gasteiger partial charge >= 0.3 is 152 Å². The predicted molar refractivity (Wildman–Crippen MR) is 104 cm³/mol. The summed E-state index contributed by atoms with van der Waals surface area (Å²) in [6.45, 7) is 6.77. The molecule has 4 nitrogen and oxygen atoms in total. The Morgan fingerprint density at radius 1 is 1.04 bits per heavy atom. The van der Waals surface area contributed by atoms with Crippen molar-refractivity contribution >= 4 is 28.0 Å². The molecule has 0 saturated heterocycles. The van der Waals surface area contributed by atoms with Gasteiger partial charge in [0.05, 0.1) is 0 Å². The minimum absolute atomic E-state index is 0.306. The quantitative estimate of drug-likeness (QED) is 0.494. The maximum absolute atomic E-state index is 11.8. The van der Waals surface area contributed by atoms with E-state index in [1.165, 1.54) is 55.5 Å². The minimum atomic E-state index is -2.62. The van der Waals surface area contributed by atoms with E-state index in [0.29, 0.717) is 11.4 Å². The molecular formula is C19H34N2O2Sn. The molecule has 0 atom stereocenters. The molecule has 2 N–H and O–H groups in total. The van der Waals surface area contributed by atoms with Gasteiger partial charge in [-0.15, -0.1) is 0 Å². The summed E-state index contributed by atoms with van der Waals surface area (Å²) in [6.07, 6.45) is 7.45. The Bertz CT molecular complexity index is 498. The summed E-state index contributed by atoms with van der Waals surface area (Å²) in [6, 6.07) is 4.03. The number of hydrogen-bond donors (Lipinski definition) is 1. The van der Waals surface area contributed by atoms with Gasteiger partial charge in [-0.1, -0.05) is 0 Å². The molecule has 1 aromatic heterocycles. The van der Waals surface area contributed by atoms with Gasteiger partial charge in [0.15, 0.2) is 0 Å². The first kappa shape index (κ1) is 21.3. The van der Waals surface area contributed by atoms with Crippen LogP contribution in [0.15, 0.2) is 12.1 Å². The van der Waals surface area contributed by atoms with Crippen molar-refractivity contribution in [2.75, 3.05) is 7.11 Å². The summed E-state index contributed by atoms with van der Waals surface area (Å²) >= 11 is -2.62. The average molecular weight is 441 g/mol. The number of unbranched alkanes of at least 4 members (excludes halogenated alkanes) is 3. The second-order valence-corrected chi connectivity index (χ2v) is 19.8.